The molecule has 4 nitrogen and oxygen atoms in total. The molecule has 1 aromatic carbocycles. The van der Waals surface area contributed by atoms with Gasteiger partial charge in [0, 0.05) is 23.9 Å². The van der Waals surface area contributed by atoms with Crippen molar-refractivity contribution in [2.45, 2.75) is 33.4 Å². The number of benzene rings is 1. The second kappa shape index (κ2) is 7.20. The average Bonchev–Trinajstić information content (AvgIpc) is 2.49. The molecule has 0 spiro atoms. The van der Waals surface area contributed by atoms with Crippen molar-refractivity contribution in [1.82, 2.24) is 10.3 Å². The molecule has 1 heterocycles. The second-order valence-corrected chi connectivity index (χ2v) is 5.21. The first-order valence-corrected chi connectivity index (χ1v) is 7.16. The Hall–Kier alpha value is -1.91. The van der Waals surface area contributed by atoms with E-state index in [1.54, 1.807) is 13.1 Å². The summed E-state index contributed by atoms with van der Waals surface area (Å²) in [6.45, 7) is 5.09. The molecule has 21 heavy (non-hydrogen) atoms. The molecule has 0 amide bonds. The summed E-state index contributed by atoms with van der Waals surface area (Å²) in [5.41, 5.74) is 4.60. The molecular weight excluding hydrogens is 264 g/mol. The number of aryl methyl sites for hydroxylation is 2. The van der Waals surface area contributed by atoms with Crippen molar-refractivity contribution in [3.63, 3.8) is 0 Å². The lowest BCUT2D eigenvalue weighted by Crippen LogP contribution is -2.18. The SMILES string of the molecule is Cc1ccccc1CCNCc1c(CO)cnc(C)c1O. The Labute approximate surface area is 125 Å². The fraction of sp³-hybridized carbons (Fsp3) is 0.353. The summed E-state index contributed by atoms with van der Waals surface area (Å²) in [4.78, 5) is 4.06. The van der Waals surface area contributed by atoms with Crippen molar-refractivity contribution in [3.8, 4) is 5.75 Å². The zero-order valence-electron chi connectivity index (χ0n) is 12.6. The predicted molar refractivity (Wildman–Crippen MR) is 83.2 cm³/mol. The number of aliphatic hydroxyl groups excluding tert-OH is 1. The summed E-state index contributed by atoms with van der Waals surface area (Å²) >= 11 is 0. The van der Waals surface area contributed by atoms with Gasteiger partial charge in [0.15, 0.2) is 0 Å². The van der Waals surface area contributed by atoms with E-state index >= 15 is 0 Å². The van der Waals surface area contributed by atoms with E-state index in [2.05, 4.69) is 29.4 Å². The molecule has 0 aliphatic carbocycles. The Morgan fingerprint density at radius 2 is 1.90 bits per heavy atom. The van der Waals surface area contributed by atoms with Gasteiger partial charge in [-0.25, -0.2) is 0 Å². The number of aliphatic hydroxyl groups is 1. The fourth-order valence-corrected chi connectivity index (χ4v) is 2.34. The lowest BCUT2D eigenvalue weighted by molar-refractivity contribution is 0.278. The summed E-state index contributed by atoms with van der Waals surface area (Å²) in [6.07, 6.45) is 2.55. The van der Waals surface area contributed by atoms with Gasteiger partial charge in [-0.1, -0.05) is 24.3 Å². The van der Waals surface area contributed by atoms with Crippen LogP contribution < -0.4 is 5.32 Å². The molecule has 112 valence electrons. The van der Waals surface area contributed by atoms with Crippen LogP contribution in [0.1, 0.15) is 27.9 Å². The van der Waals surface area contributed by atoms with Gasteiger partial charge in [-0.2, -0.15) is 0 Å². The number of aromatic hydroxyl groups is 1. The molecule has 0 aliphatic heterocycles. The summed E-state index contributed by atoms with van der Waals surface area (Å²) in [5, 5.41) is 22.7. The molecular formula is C17H22N2O2. The molecule has 0 saturated carbocycles. The normalized spacial score (nSPS) is 10.8. The first-order valence-electron chi connectivity index (χ1n) is 7.16. The Bertz CT molecular complexity index is 612. The lowest BCUT2D eigenvalue weighted by atomic mass is 10.1. The first-order chi connectivity index (χ1) is 10.1. The molecule has 2 aromatic rings. The maximum absolute atomic E-state index is 10.1. The van der Waals surface area contributed by atoms with Gasteiger partial charge in [0.25, 0.3) is 0 Å². The average molecular weight is 286 g/mol. The molecule has 0 bridgehead atoms. The van der Waals surface area contributed by atoms with Crippen LogP contribution in [0.4, 0.5) is 0 Å². The third kappa shape index (κ3) is 3.80. The highest BCUT2D eigenvalue weighted by Gasteiger charge is 2.10. The van der Waals surface area contributed by atoms with Crippen LogP contribution in [0.3, 0.4) is 0 Å². The third-order valence-corrected chi connectivity index (χ3v) is 3.73. The van der Waals surface area contributed by atoms with Crippen molar-refractivity contribution < 1.29 is 10.2 Å². The number of nitrogens with one attached hydrogen (secondary N) is 1. The molecule has 2 rings (SSSR count). The fourth-order valence-electron chi connectivity index (χ4n) is 2.34. The van der Waals surface area contributed by atoms with Crippen LogP contribution in [0.25, 0.3) is 0 Å². The highest BCUT2D eigenvalue weighted by molar-refractivity contribution is 5.40. The third-order valence-electron chi connectivity index (χ3n) is 3.73. The quantitative estimate of drug-likeness (QED) is 0.713. The van der Waals surface area contributed by atoms with E-state index in [1.165, 1.54) is 11.1 Å². The van der Waals surface area contributed by atoms with E-state index in [4.69, 9.17) is 0 Å². The lowest BCUT2D eigenvalue weighted by Gasteiger charge is -2.12. The molecule has 1 aromatic heterocycles. The minimum atomic E-state index is -0.115. The van der Waals surface area contributed by atoms with E-state index in [0.29, 0.717) is 17.8 Å². The Balaban J connectivity index is 1.95. The van der Waals surface area contributed by atoms with Gasteiger partial charge in [0.05, 0.1) is 12.3 Å². The van der Waals surface area contributed by atoms with Gasteiger partial charge in [-0.05, 0) is 37.9 Å². The minimum absolute atomic E-state index is 0.115. The molecule has 0 radical (unpaired) electrons. The van der Waals surface area contributed by atoms with Gasteiger partial charge in [0.2, 0.25) is 0 Å². The zero-order chi connectivity index (χ0) is 15.2. The van der Waals surface area contributed by atoms with Gasteiger partial charge in [-0.3, -0.25) is 4.98 Å². The standard InChI is InChI=1S/C17H22N2O2/c1-12-5-3-4-6-14(12)7-8-18-10-16-15(11-20)9-19-13(2)17(16)21/h3-6,9,18,20-21H,7-8,10-11H2,1-2H3. The minimum Gasteiger partial charge on any atom is -0.506 e. The topological polar surface area (TPSA) is 65.4 Å². The molecule has 0 atom stereocenters. The number of pyridine rings is 1. The van der Waals surface area contributed by atoms with E-state index in [-0.39, 0.29) is 12.4 Å². The molecule has 0 aliphatic rings. The van der Waals surface area contributed by atoms with Crippen molar-refractivity contribution in [3.05, 3.63) is 58.4 Å². The van der Waals surface area contributed by atoms with Crippen molar-refractivity contribution >= 4 is 0 Å². The van der Waals surface area contributed by atoms with E-state index in [1.807, 2.05) is 12.1 Å². The van der Waals surface area contributed by atoms with Gasteiger partial charge in [0.1, 0.15) is 5.75 Å². The van der Waals surface area contributed by atoms with Crippen molar-refractivity contribution in [2.24, 2.45) is 0 Å². The van der Waals surface area contributed by atoms with Crippen LogP contribution in [-0.4, -0.2) is 21.7 Å². The summed E-state index contributed by atoms with van der Waals surface area (Å²) in [6, 6.07) is 8.32. The second-order valence-electron chi connectivity index (χ2n) is 5.21. The molecule has 0 fully saturated rings. The smallest absolute Gasteiger partial charge is 0.141 e. The zero-order valence-corrected chi connectivity index (χ0v) is 12.6. The summed E-state index contributed by atoms with van der Waals surface area (Å²) in [7, 11) is 0. The number of hydrogen-bond acceptors (Lipinski definition) is 4. The molecule has 3 N–H and O–H groups in total. The highest BCUT2D eigenvalue weighted by Crippen LogP contribution is 2.23. The molecule has 0 unspecified atom stereocenters. The monoisotopic (exact) mass is 286 g/mol. The summed E-state index contributed by atoms with van der Waals surface area (Å²) in [5.74, 6) is 0.171. The molecule has 0 saturated heterocycles. The van der Waals surface area contributed by atoms with Crippen LogP contribution in [0.15, 0.2) is 30.5 Å². The Morgan fingerprint density at radius 1 is 1.14 bits per heavy atom. The van der Waals surface area contributed by atoms with E-state index in [0.717, 1.165) is 18.5 Å². The maximum atomic E-state index is 10.1. The number of rotatable bonds is 6. The van der Waals surface area contributed by atoms with E-state index in [9.17, 15) is 10.2 Å². The van der Waals surface area contributed by atoms with Crippen molar-refractivity contribution in [1.29, 1.82) is 0 Å². The van der Waals surface area contributed by atoms with Crippen LogP contribution in [-0.2, 0) is 19.6 Å². The van der Waals surface area contributed by atoms with Crippen molar-refractivity contribution in [2.75, 3.05) is 6.54 Å². The first kappa shape index (κ1) is 15.5. The highest BCUT2D eigenvalue weighted by atomic mass is 16.3. The number of aromatic nitrogens is 1. The number of nitrogens with zero attached hydrogens (tertiary/aromatic N) is 1. The summed E-state index contributed by atoms with van der Waals surface area (Å²) < 4.78 is 0. The van der Waals surface area contributed by atoms with Crippen LogP contribution in [0.2, 0.25) is 0 Å². The van der Waals surface area contributed by atoms with Crippen LogP contribution in [0.5, 0.6) is 5.75 Å². The maximum Gasteiger partial charge on any atom is 0.141 e. The Morgan fingerprint density at radius 3 is 2.62 bits per heavy atom. The van der Waals surface area contributed by atoms with Crippen LogP contribution >= 0.6 is 0 Å². The van der Waals surface area contributed by atoms with Gasteiger partial charge >= 0.3 is 0 Å². The van der Waals surface area contributed by atoms with Crippen LogP contribution in [0, 0.1) is 13.8 Å². The van der Waals surface area contributed by atoms with Gasteiger partial charge < -0.3 is 15.5 Å². The predicted octanol–water partition coefficient (Wildman–Crippen LogP) is 2.23. The Kier molecular flexibility index (Phi) is 5.31. The molecule has 4 heteroatoms. The van der Waals surface area contributed by atoms with E-state index < -0.39 is 0 Å². The largest absolute Gasteiger partial charge is 0.506 e. The van der Waals surface area contributed by atoms with Gasteiger partial charge in [-0.15, -0.1) is 0 Å². The number of hydrogen-bond donors (Lipinski definition) is 3.